The SMILES string of the molecule is Cc1ccc(N2c3cccc4c3B(c3cc(C(C)(C)C)ccc3N4c3ccc(C(C)(C)C)cc3)c3cccc(C(C)(c4ccc5c(c4)N(c4ccc([Si](C)(C)C)cc4)c4cccc6c4B5c4cc(C(C)(C)C)ccc4N6c4ccc(C(C)(C)C)cc4)c4cccc5c4N(c4ccc([Si](C)(C)C)cc4)c4cccc6c4B5c4cc(C(C)(C)C)ccc4N6c4ccc(C(C)(C)C)cc4)c32)cc1. The topological polar surface area (TPSA) is 19.4 Å². The summed E-state index contributed by atoms with van der Waals surface area (Å²) in [6.45, 7) is 61.6. The molecule has 6 aliphatic rings. The Bertz CT molecular complexity index is 7240. The largest absolute Gasteiger partial charge is 0.311 e. The van der Waals surface area contributed by atoms with Crippen LogP contribution in [-0.4, -0.2) is 36.3 Å². The van der Waals surface area contributed by atoms with E-state index in [0.29, 0.717) is 0 Å². The lowest BCUT2D eigenvalue weighted by molar-refractivity contribution is 0.590. The highest BCUT2D eigenvalue weighted by Crippen LogP contribution is 2.57. The standard InChI is InChI=1S/C123H129B3N6Si2/c1-78-42-54-90(55-43-78)131-109-40-30-37-106-113(109)125(100-75-83(121(14,15)16)52-72-103(100)128(106)87-58-46-80(47-59-87)118(5,6)7)97-34-27-32-94(115(97)131)123(20,85-50-70-96-111(77-85)130(89-62-66-92(67-63-89)133(21,22)23)108-39-29-36-105-112(108)124(96)99-74-82(120(11,12)13)51-71-102(99)127(105)86-56-44-79(45-57-86)117(2,3)4)95-33-28-35-98-116(95)132(91-64-68-93(69-65-91)134(24,25)26)110-41-31-38-107-114(110)126(98)101-76-84(122(17,18)19)53-73-104(101)129(107)88-60-48-81(49-61-88)119(8,9)10/h27-77H,1-26H3. The summed E-state index contributed by atoms with van der Waals surface area (Å²) in [5.41, 5.74) is 43.8. The van der Waals surface area contributed by atoms with Gasteiger partial charge in [0.2, 0.25) is 0 Å². The predicted molar refractivity (Wildman–Crippen MR) is 590 cm³/mol. The van der Waals surface area contributed by atoms with Gasteiger partial charge in [0, 0.05) is 108 Å². The second kappa shape index (κ2) is 30.9. The minimum absolute atomic E-state index is 0.0210. The number of nitrogens with zero attached hydrogens (tertiary/aromatic N) is 6. The lowest BCUT2D eigenvalue weighted by atomic mass is 9.32. The number of benzene rings is 15. The Hall–Kier alpha value is -12.3. The van der Waals surface area contributed by atoms with Gasteiger partial charge >= 0.3 is 0 Å². The average molecular weight is 1780 g/mol. The van der Waals surface area contributed by atoms with Crippen molar-refractivity contribution in [2.45, 2.75) is 216 Å². The lowest BCUT2D eigenvalue weighted by Gasteiger charge is -2.49. The quantitative estimate of drug-likeness (QED) is 0.0943. The number of anilines is 18. The minimum atomic E-state index is -1.85. The molecule has 668 valence electrons. The first-order valence-corrected chi connectivity index (χ1v) is 56.0. The summed E-state index contributed by atoms with van der Waals surface area (Å²) in [5.74, 6) is 0. The zero-order chi connectivity index (χ0) is 94.3. The van der Waals surface area contributed by atoms with Crippen molar-refractivity contribution in [1.82, 2.24) is 0 Å². The summed E-state index contributed by atoms with van der Waals surface area (Å²) < 4.78 is 0. The molecule has 11 heteroatoms. The zero-order valence-corrected chi connectivity index (χ0v) is 85.9. The van der Waals surface area contributed by atoms with Gasteiger partial charge in [-0.3, -0.25) is 0 Å². The predicted octanol–water partition coefficient (Wildman–Crippen LogP) is 26.5. The smallest absolute Gasteiger partial charge is 0.252 e. The van der Waals surface area contributed by atoms with Crippen molar-refractivity contribution in [2.24, 2.45) is 0 Å². The molecule has 6 heterocycles. The van der Waals surface area contributed by atoms with Gasteiger partial charge in [-0.2, -0.15) is 0 Å². The van der Waals surface area contributed by atoms with Crippen LogP contribution in [-0.2, 0) is 37.9 Å². The van der Waals surface area contributed by atoms with Crippen molar-refractivity contribution < 1.29 is 0 Å². The average Bonchev–Trinajstić information content (AvgIpc) is 0.684. The molecule has 0 aromatic heterocycles. The Labute approximate surface area is 802 Å². The van der Waals surface area contributed by atoms with E-state index in [-0.39, 0.29) is 52.6 Å². The number of hydrogen-bond acceptors (Lipinski definition) is 6. The maximum Gasteiger partial charge on any atom is 0.252 e. The fourth-order valence-electron chi connectivity index (χ4n) is 22.8. The number of aryl methyl sites for hydroxylation is 1. The van der Waals surface area contributed by atoms with Crippen LogP contribution in [0.25, 0.3) is 0 Å². The number of para-hydroxylation sites is 2. The van der Waals surface area contributed by atoms with Crippen LogP contribution < -0.4 is 88.9 Å². The van der Waals surface area contributed by atoms with E-state index in [0.717, 1.165) is 34.1 Å². The highest BCUT2D eigenvalue weighted by Gasteiger charge is 2.53. The van der Waals surface area contributed by atoms with E-state index in [1.807, 2.05) is 0 Å². The van der Waals surface area contributed by atoms with Crippen molar-refractivity contribution in [3.63, 3.8) is 0 Å². The summed E-state index contributed by atoms with van der Waals surface area (Å²) in [4.78, 5) is 15.9. The fourth-order valence-corrected chi connectivity index (χ4v) is 25.1. The summed E-state index contributed by atoms with van der Waals surface area (Å²) >= 11 is 0. The normalized spacial score (nSPS) is 14.9. The molecule has 1 atom stereocenters. The van der Waals surface area contributed by atoms with Crippen LogP contribution in [0.2, 0.25) is 39.3 Å². The van der Waals surface area contributed by atoms with Gasteiger partial charge in [-0.1, -0.05) is 356 Å². The molecule has 21 rings (SSSR count). The van der Waals surface area contributed by atoms with E-state index < -0.39 is 21.6 Å². The van der Waals surface area contributed by atoms with Crippen LogP contribution in [0.4, 0.5) is 102 Å². The van der Waals surface area contributed by atoms with E-state index >= 15 is 0 Å². The van der Waals surface area contributed by atoms with Crippen LogP contribution in [0, 0.1) is 6.92 Å². The third-order valence-corrected chi connectivity index (χ3v) is 34.6. The van der Waals surface area contributed by atoms with Gasteiger partial charge in [-0.25, -0.2) is 0 Å². The van der Waals surface area contributed by atoms with Crippen molar-refractivity contribution in [1.29, 1.82) is 0 Å². The third kappa shape index (κ3) is 14.3. The monoisotopic (exact) mass is 1780 g/mol. The first-order chi connectivity index (χ1) is 63.3. The molecule has 0 aliphatic carbocycles. The molecular formula is C123H129B3N6Si2. The van der Waals surface area contributed by atoms with Crippen molar-refractivity contribution in [3.05, 3.63) is 365 Å². The molecule has 0 amide bonds. The second-order valence-corrected chi connectivity index (χ2v) is 57.9. The van der Waals surface area contributed by atoms with Gasteiger partial charge in [0.25, 0.3) is 20.1 Å². The molecule has 0 saturated carbocycles. The van der Waals surface area contributed by atoms with Gasteiger partial charge in [0.15, 0.2) is 0 Å². The number of fused-ring (bicyclic) bond motifs is 12. The molecule has 0 fully saturated rings. The maximum absolute atomic E-state index is 2.74. The summed E-state index contributed by atoms with van der Waals surface area (Å²) in [5, 5.41) is 2.86. The molecule has 15 aromatic carbocycles. The van der Waals surface area contributed by atoms with E-state index in [9.17, 15) is 0 Å². The minimum Gasteiger partial charge on any atom is -0.311 e. The van der Waals surface area contributed by atoms with Crippen molar-refractivity contribution in [3.8, 4) is 0 Å². The fraction of sp³-hybridized carbons (Fsp3) is 0.268. The second-order valence-electron chi connectivity index (χ2n) is 47.7. The van der Waals surface area contributed by atoms with Crippen LogP contribution in [0.15, 0.2) is 309 Å². The van der Waals surface area contributed by atoms with Gasteiger partial charge in [0.05, 0.1) is 16.1 Å². The molecule has 0 saturated heterocycles. The Kier molecular flexibility index (Phi) is 20.4. The molecular weight excluding hydrogens is 1650 g/mol. The summed E-state index contributed by atoms with van der Waals surface area (Å²) in [6.07, 6.45) is 0. The van der Waals surface area contributed by atoms with Gasteiger partial charge < -0.3 is 29.4 Å². The van der Waals surface area contributed by atoms with E-state index in [1.54, 1.807) is 0 Å². The molecule has 6 aliphatic heterocycles. The third-order valence-electron chi connectivity index (χ3n) is 30.5. The first kappa shape index (κ1) is 88.3. The highest BCUT2D eigenvalue weighted by atomic mass is 28.3. The van der Waals surface area contributed by atoms with Crippen LogP contribution in [0.5, 0.6) is 0 Å². The Morgan fingerprint density at radius 3 is 0.746 bits per heavy atom. The molecule has 15 aromatic rings. The van der Waals surface area contributed by atoms with Crippen LogP contribution in [0.3, 0.4) is 0 Å². The van der Waals surface area contributed by atoms with Crippen molar-refractivity contribution in [2.75, 3.05) is 29.4 Å². The Morgan fingerprint density at radius 1 is 0.201 bits per heavy atom. The molecule has 134 heavy (non-hydrogen) atoms. The van der Waals surface area contributed by atoms with Gasteiger partial charge in [-0.15, -0.1) is 0 Å². The summed E-state index contributed by atoms with van der Waals surface area (Å²) in [7, 11) is -3.65. The first-order valence-electron chi connectivity index (χ1n) is 49.0. The van der Waals surface area contributed by atoms with E-state index in [1.165, 1.54) is 183 Å². The maximum atomic E-state index is 2.74. The van der Waals surface area contributed by atoms with E-state index in [4.69, 9.17) is 0 Å². The molecule has 1 unspecified atom stereocenters. The number of rotatable bonds is 11. The van der Waals surface area contributed by atoms with Crippen molar-refractivity contribution >= 4 is 198 Å². The highest BCUT2D eigenvalue weighted by molar-refractivity contribution is 7.02. The van der Waals surface area contributed by atoms with Gasteiger partial charge in [0.1, 0.15) is 0 Å². The molecule has 0 spiro atoms. The Morgan fingerprint density at radius 2 is 0.448 bits per heavy atom. The molecule has 0 radical (unpaired) electrons. The Balaban J connectivity index is 0.903. The molecule has 0 N–H and O–H groups in total. The zero-order valence-electron chi connectivity index (χ0n) is 83.9. The van der Waals surface area contributed by atoms with Gasteiger partial charge in [-0.05, 0) is 279 Å². The summed E-state index contributed by atoms with van der Waals surface area (Å²) in [6, 6.07) is 125. The van der Waals surface area contributed by atoms with Crippen LogP contribution in [0.1, 0.15) is 187 Å². The molecule has 0 bridgehead atoms. The number of hydrogen-bond donors (Lipinski definition) is 0. The van der Waals surface area contributed by atoms with E-state index in [2.05, 4.69) is 517 Å². The molecule has 6 nitrogen and oxygen atoms in total. The lowest BCUT2D eigenvalue weighted by Crippen LogP contribution is -2.62. The van der Waals surface area contributed by atoms with Crippen LogP contribution >= 0.6 is 0 Å².